The third-order valence-electron chi connectivity index (χ3n) is 2.79. The summed E-state index contributed by atoms with van der Waals surface area (Å²) in [5.41, 5.74) is 2.84. The first-order valence-electron chi connectivity index (χ1n) is 6.18. The summed E-state index contributed by atoms with van der Waals surface area (Å²) in [6, 6.07) is 8.98. The van der Waals surface area contributed by atoms with Gasteiger partial charge in [0.2, 0.25) is 0 Å². The Morgan fingerprint density at radius 1 is 1.00 bits per heavy atom. The smallest absolute Gasteiger partial charge is 0.00767 e. The quantitative estimate of drug-likeness (QED) is 0.688. The predicted molar refractivity (Wildman–Crippen MR) is 71.0 cm³/mol. The van der Waals surface area contributed by atoms with Gasteiger partial charge >= 0.3 is 0 Å². The van der Waals surface area contributed by atoms with Crippen LogP contribution in [-0.4, -0.2) is 26.7 Å². The second kappa shape index (κ2) is 7.42. The van der Waals surface area contributed by atoms with Crippen LogP contribution < -0.4 is 10.6 Å². The van der Waals surface area contributed by atoms with Crippen LogP contribution in [-0.2, 0) is 6.42 Å². The van der Waals surface area contributed by atoms with E-state index in [-0.39, 0.29) is 0 Å². The van der Waals surface area contributed by atoms with E-state index >= 15 is 0 Å². The first kappa shape index (κ1) is 13.2. The zero-order chi connectivity index (χ0) is 11.8. The van der Waals surface area contributed by atoms with Crippen molar-refractivity contribution in [1.82, 2.24) is 10.6 Å². The SMILES string of the molecule is CNCCNCCc1ccc(C(C)C)cc1. The number of nitrogens with one attached hydrogen (secondary N) is 2. The number of likely N-dealkylation sites (N-methyl/N-ethyl adjacent to an activating group) is 1. The van der Waals surface area contributed by atoms with Crippen LogP contribution >= 0.6 is 0 Å². The van der Waals surface area contributed by atoms with Crippen molar-refractivity contribution in [2.75, 3.05) is 26.7 Å². The zero-order valence-electron chi connectivity index (χ0n) is 10.7. The van der Waals surface area contributed by atoms with E-state index in [0.717, 1.165) is 26.1 Å². The summed E-state index contributed by atoms with van der Waals surface area (Å²) in [5, 5.41) is 6.53. The van der Waals surface area contributed by atoms with Crippen LogP contribution in [0.25, 0.3) is 0 Å². The Hall–Kier alpha value is -0.860. The summed E-state index contributed by atoms with van der Waals surface area (Å²) in [4.78, 5) is 0. The third kappa shape index (κ3) is 4.77. The first-order valence-corrected chi connectivity index (χ1v) is 6.18. The van der Waals surface area contributed by atoms with Gasteiger partial charge in [-0.15, -0.1) is 0 Å². The van der Waals surface area contributed by atoms with Gasteiger partial charge in [-0.2, -0.15) is 0 Å². The van der Waals surface area contributed by atoms with Gasteiger partial charge in [0, 0.05) is 13.1 Å². The van der Waals surface area contributed by atoms with Crippen LogP contribution in [0.2, 0.25) is 0 Å². The lowest BCUT2D eigenvalue weighted by atomic mass is 10.0. The Kier molecular flexibility index (Phi) is 6.12. The summed E-state index contributed by atoms with van der Waals surface area (Å²) in [6.07, 6.45) is 1.11. The van der Waals surface area contributed by atoms with Gasteiger partial charge in [0.05, 0.1) is 0 Å². The van der Waals surface area contributed by atoms with Gasteiger partial charge < -0.3 is 10.6 Å². The average molecular weight is 220 g/mol. The fraction of sp³-hybridized carbons (Fsp3) is 0.571. The lowest BCUT2D eigenvalue weighted by Crippen LogP contribution is -2.26. The van der Waals surface area contributed by atoms with Crippen LogP contribution in [0.15, 0.2) is 24.3 Å². The fourth-order valence-corrected chi connectivity index (χ4v) is 1.64. The Labute approximate surface area is 99.5 Å². The van der Waals surface area contributed by atoms with Crippen LogP contribution in [0.5, 0.6) is 0 Å². The van der Waals surface area contributed by atoms with E-state index in [0.29, 0.717) is 5.92 Å². The Morgan fingerprint density at radius 3 is 2.25 bits per heavy atom. The third-order valence-corrected chi connectivity index (χ3v) is 2.79. The molecule has 0 radical (unpaired) electrons. The molecule has 0 atom stereocenters. The Bertz CT molecular complexity index is 277. The van der Waals surface area contributed by atoms with Crippen LogP contribution in [0.4, 0.5) is 0 Å². The molecule has 16 heavy (non-hydrogen) atoms. The molecule has 2 N–H and O–H groups in total. The van der Waals surface area contributed by atoms with E-state index in [1.807, 2.05) is 7.05 Å². The summed E-state index contributed by atoms with van der Waals surface area (Å²) < 4.78 is 0. The summed E-state index contributed by atoms with van der Waals surface area (Å²) in [7, 11) is 1.98. The van der Waals surface area contributed by atoms with Gasteiger partial charge in [0.15, 0.2) is 0 Å². The molecule has 0 spiro atoms. The van der Waals surface area contributed by atoms with Crippen LogP contribution in [0.3, 0.4) is 0 Å². The topological polar surface area (TPSA) is 24.1 Å². The Morgan fingerprint density at radius 2 is 1.69 bits per heavy atom. The highest BCUT2D eigenvalue weighted by atomic mass is 14.9. The highest BCUT2D eigenvalue weighted by Crippen LogP contribution is 2.14. The second-order valence-corrected chi connectivity index (χ2v) is 4.50. The van der Waals surface area contributed by atoms with Crippen molar-refractivity contribution in [2.45, 2.75) is 26.2 Å². The fourth-order valence-electron chi connectivity index (χ4n) is 1.64. The summed E-state index contributed by atoms with van der Waals surface area (Å²) in [5.74, 6) is 0.628. The van der Waals surface area contributed by atoms with Gasteiger partial charge in [0.1, 0.15) is 0 Å². The van der Waals surface area contributed by atoms with Gasteiger partial charge in [-0.05, 0) is 37.1 Å². The molecule has 1 rings (SSSR count). The zero-order valence-corrected chi connectivity index (χ0v) is 10.7. The molecule has 0 bridgehead atoms. The average Bonchev–Trinajstić information content (AvgIpc) is 2.29. The van der Waals surface area contributed by atoms with Crippen molar-refractivity contribution in [3.05, 3.63) is 35.4 Å². The first-order chi connectivity index (χ1) is 7.74. The number of benzene rings is 1. The molecule has 90 valence electrons. The molecule has 0 heterocycles. The van der Waals surface area contributed by atoms with Gasteiger partial charge in [0.25, 0.3) is 0 Å². The molecule has 2 heteroatoms. The van der Waals surface area contributed by atoms with Gasteiger partial charge in [-0.25, -0.2) is 0 Å². The van der Waals surface area contributed by atoms with Gasteiger partial charge in [-0.1, -0.05) is 38.1 Å². The lowest BCUT2D eigenvalue weighted by Gasteiger charge is -2.07. The van der Waals surface area contributed by atoms with Crippen molar-refractivity contribution in [2.24, 2.45) is 0 Å². The highest BCUT2D eigenvalue weighted by Gasteiger charge is 1.98. The minimum absolute atomic E-state index is 0.628. The summed E-state index contributed by atoms with van der Waals surface area (Å²) >= 11 is 0. The maximum Gasteiger partial charge on any atom is 0.00767 e. The monoisotopic (exact) mass is 220 g/mol. The van der Waals surface area contributed by atoms with E-state index in [1.165, 1.54) is 11.1 Å². The van der Waals surface area contributed by atoms with Crippen molar-refractivity contribution >= 4 is 0 Å². The number of hydrogen-bond donors (Lipinski definition) is 2. The molecular formula is C14H24N2. The molecule has 0 aliphatic heterocycles. The number of hydrogen-bond acceptors (Lipinski definition) is 2. The Balaban J connectivity index is 2.27. The molecule has 0 aromatic heterocycles. The van der Waals surface area contributed by atoms with E-state index in [2.05, 4.69) is 48.7 Å². The maximum absolute atomic E-state index is 3.41. The van der Waals surface area contributed by atoms with Crippen molar-refractivity contribution in [1.29, 1.82) is 0 Å². The van der Waals surface area contributed by atoms with Crippen LogP contribution in [0.1, 0.15) is 30.9 Å². The van der Waals surface area contributed by atoms with E-state index in [9.17, 15) is 0 Å². The van der Waals surface area contributed by atoms with Gasteiger partial charge in [-0.3, -0.25) is 0 Å². The molecule has 0 unspecified atom stereocenters. The normalized spacial score (nSPS) is 11.0. The maximum atomic E-state index is 3.41. The molecule has 0 amide bonds. The minimum atomic E-state index is 0.628. The predicted octanol–water partition coefficient (Wildman–Crippen LogP) is 2.16. The molecule has 1 aromatic rings. The molecule has 0 aliphatic rings. The molecule has 0 fully saturated rings. The largest absolute Gasteiger partial charge is 0.318 e. The van der Waals surface area contributed by atoms with Crippen molar-refractivity contribution in [3.8, 4) is 0 Å². The molecule has 0 saturated heterocycles. The van der Waals surface area contributed by atoms with E-state index in [1.54, 1.807) is 0 Å². The van der Waals surface area contributed by atoms with Crippen LogP contribution in [0, 0.1) is 0 Å². The van der Waals surface area contributed by atoms with E-state index in [4.69, 9.17) is 0 Å². The highest BCUT2D eigenvalue weighted by molar-refractivity contribution is 5.24. The molecule has 0 saturated carbocycles. The molecule has 1 aromatic carbocycles. The van der Waals surface area contributed by atoms with Crippen molar-refractivity contribution in [3.63, 3.8) is 0 Å². The standard InChI is InChI=1S/C14H24N2/c1-12(2)14-6-4-13(5-7-14)8-9-16-11-10-15-3/h4-7,12,15-16H,8-11H2,1-3H3. The molecule has 2 nitrogen and oxygen atoms in total. The summed E-state index contributed by atoms with van der Waals surface area (Å²) in [6.45, 7) is 7.60. The molecule has 0 aliphatic carbocycles. The molecular weight excluding hydrogens is 196 g/mol. The second-order valence-electron chi connectivity index (χ2n) is 4.50. The lowest BCUT2D eigenvalue weighted by molar-refractivity contribution is 0.649. The van der Waals surface area contributed by atoms with E-state index < -0.39 is 0 Å². The minimum Gasteiger partial charge on any atom is -0.318 e. The number of rotatable bonds is 7. The van der Waals surface area contributed by atoms with Crippen molar-refractivity contribution < 1.29 is 0 Å².